The summed E-state index contributed by atoms with van der Waals surface area (Å²) in [6, 6.07) is 9.68. The van der Waals surface area contributed by atoms with E-state index in [9.17, 15) is 14.4 Å². The molecule has 21 heavy (non-hydrogen) atoms. The van der Waals surface area contributed by atoms with E-state index in [2.05, 4.69) is 9.47 Å². The van der Waals surface area contributed by atoms with Crippen molar-refractivity contribution < 1.29 is 28.6 Å². The summed E-state index contributed by atoms with van der Waals surface area (Å²) < 4.78 is 13.3. The van der Waals surface area contributed by atoms with Gasteiger partial charge in [0.15, 0.2) is 0 Å². The lowest BCUT2D eigenvalue weighted by atomic mass is 9.97. The average Bonchev–Trinajstić information content (AvgIpc) is 2.81. The van der Waals surface area contributed by atoms with Crippen LogP contribution >= 0.6 is 0 Å². The molecule has 1 aliphatic rings. The van der Waals surface area contributed by atoms with Gasteiger partial charge in [-0.05, 0) is 26.3 Å². The summed E-state index contributed by atoms with van der Waals surface area (Å²) in [6.07, 6.45) is 0. The van der Waals surface area contributed by atoms with Crippen LogP contribution in [0.25, 0.3) is 0 Å². The van der Waals surface area contributed by atoms with Crippen molar-refractivity contribution in [3.63, 3.8) is 0 Å². The summed E-state index contributed by atoms with van der Waals surface area (Å²) in [6.45, 7) is 5.68. The summed E-state index contributed by atoms with van der Waals surface area (Å²) in [5, 5.41) is 0. The largest absolute Gasteiger partial charge is 0.460 e. The van der Waals surface area contributed by atoms with Gasteiger partial charge in [0, 0.05) is 0 Å². The second kappa shape index (κ2) is 7.42. The smallest absolute Gasteiger partial charge is 0.420 e. The van der Waals surface area contributed by atoms with Crippen LogP contribution in [-0.4, -0.2) is 24.7 Å². The third-order valence-corrected chi connectivity index (χ3v) is 2.37. The van der Waals surface area contributed by atoms with Gasteiger partial charge in [0.2, 0.25) is 6.79 Å². The monoisotopic (exact) mass is 294 g/mol. The highest BCUT2D eigenvalue weighted by Crippen LogP contribution is 2.16. The summed E-state index contributed by atoms with van der Waals surface area (Å²) in [7, 11) is 0. The number of carbonyl (C=O) groups excluding carboxylic acids is 3. The average molecular weight is 294 g/mol. The van der Waals surface area contributed by atoms with Crippen LogP contribution in [-0.2, 0) is 35.2 Å². The Morgan fingerprint density at radius 2 is 1.62 bits per heavy atom. The Labute approximate surface area is 123 Å². The number of rotatable bonds is 2. The van der Waals surface area contributed by atoms with Crippen LogP contribution in [0.1, 0.15) is 26.3 Å². The minimum atomic E-state index is -0.903. The number of benzene rings is 1. The van der Waals surface area contributed by atoms with Crippen molar-refractivity contribution in [3.05, 3.63) is 35.9 Å². The van der Waals surface area contributed by atoms with Crippen molar-refractivity contribution in [2.24, 2.45) is 5.41 Å². The Hall–Kier alpha value is -2.37. The molecule has 0 atom stereocenters. The lowest BCUT2D eigenvalue weighted by molar-refractivity contribution is -0.154. The van der Waals surface area contributed by atoms with Crippen LogP contribution in [0.2, 0.25) is 0 Å². The summed E-state index contributed by atoms with van der Waals surface area (Å²) >= 11 is 0. The van der Waals surface area contributed by atoms with Crippen LogP contribution in [0.5, 0.6) is 0 Å². The van der Waals surface area contributed by atoms with E-state index in [-0.39, 0.29) is 12.8 Å². The zero-order valence-electron chi connectivity index (χ0n) is 12.3. The molecule has 1 aromatic carbocycles. The van der Waals surface area contributed by atoms with Gasteiger partial charge in [0.1, 0.15) is 6.61 Å². The Balaban J connectivity index is 0.000000262. The van der Waals surface area contributed by atoms with E-state index in [4.69, 9.17) is 4.74 Å². The van der Waals surface area contributed by atoms with Gasteiger partial charge in [0.05, 0.1) is 5.41 Å². The van der Waals surface area contributed by atoms with Gasteiger partial charge >= 0.3 is 17.9 Å². The SMILES string of the molecule is CC(C)(C)C(=O)OCc1ccccc1.O=C1OCOC1=O. The molecular weight excluding hydrogens is 276 g/mol. The van der Waals surface area contributed by atoms with Crippen LogP contribution in [0.3, 0.4) is 0 Å². The zero-order valence-corrected chi connectivity index (χ0v) is 12.3. The highest BCUT2D eigenvalue weighted by molar-refractivity contribution is 6.30. The van der Waals surface area contributed by atoms with Gasteiger partial charge in [-0.15, -0.1) is 0 Å². The van der Waals surface area contributed by atoms with Crippen LogP contribution in [0.15, 0.2) is 30.3 Å². The molecule has 0 aromatic heterocycles. The maximum absolute atomic E-state index is 11.4. The molecule has 6 nitrogen and oxygen atoms in total. The molecule has 2 rings (SSSR count). The van der Waals surface area contributed by atoms with Crippen molar-refractivity contribution in [2.45, 2.75) is 27.4 Å². The van der Waals surface area contributed by atoms with E-state index in [1.54, 1.807) is 0 Å². The van der Waals surface area contributed by atoms with E-state index in [1.807, 2.05) is 51.1 Å². The minimum absolute atomic E-state index is 0.165. The summed E-state index contributed by atoms with van der Waals surface area (Å²) in [5.74, 6) is -1.97. The molecular formula is C15H18O6. The van der Waals surface area contributed by atoms with Crippen molar-refractivity contribution in [2.75, 3.05) is 6.79 Å². The molecule has 0 N–H and O–H groups in total. The van der Waals surface area contributed by atoms with E-state index < -0.39 is 17.4 Å². The topological polar surface area (TPSA) is 78.9 Å². The lowest BCUT2D eigenvalue weighted by Crippen LogP contribution is -2.22. The molecule has 1 aromatic rings. The fourth-order valence-corrected chi connectivity index (χ4v) is 1.19. The van der Waals surface area contributed by atoms with Crippen molar-refractivity contribution in [1.29, 1.82) is 0 Å². The van der Waals surface area contributed by atoms with Gasteiger partial charge in [-0.25, -0.2) is 9.59 Å². The first-order valence-corrected chi connectivity index (χ1v) is 6.36. The Morgan fingerprint density at radius 1 is 1.10 bits per heavy atom. The predicted octanol–water partition coefficient (Wildman–Crippen LogP) is 1.82. The molecule has 0 amide bonds. The van der Waals surface area contributed by atoms with Gasteiger partial charge in [-0.1, -0.05) is 30.3 Å². The Bertz CT molecular complexity index is 487. The lowest BCUT2D eigenvalue weighted by Gasteiger charge is -2.16. The first-order chi connectivity index (χ1) is 9.80. The summed E-state index contributed by atoms with van der Waals surface area (Å²) in [5.41, 5.74) is 0.597. The maximum atomic E-state index is 11.4. The van der Waals surface area contributed by atoms with E-state index >= 15 is 0 Å². The molecule has 0 bridgehead atoms. The normalized spacial score (nSPS) is 13.7. The highest BCUT2D eigenvalue weighted by atomic mass is 16.8. The van der Waals surface area contributed by atoms with Gasteiger partial charge in [-0.3, -0.25) is 4.79 Å². The van der Waals surface area contributed by atoms with E-state index in [1.165, 1.54) is 0 Å². The van der Waals surface area contributed by atoms with Crippen LogP contribution in [0.4, 0.5) is 0 Å². The third-order valence-electron chi connectivity index (χ3n) is 2.37. The molecule has 1 saturated heterocycles. The standard InChI is InChI=1S/C12H16O2.C3H2O4/c1-12(2,3)11(13)14-9-10-7-5-4-6-8-10;4-2-3(5)7-1-6-2/h4-8H,9H2,1-3H3;1H2. The zero-order chi connectivity index (χ0) is 15.9. The molecule has 0 aliphatic carbocycles. The molecule has 0 radical (unpaired) electrons. The van der Waals surface area contributed by atoms with Gasteiger partial charge in [0.25, 0.3) is 0 Å². The molecule has 6 heteroatoms. The second-order valence-electron chi connectivity index (χ2n) is 5.29. The fourth-order valence-electron chi connectivity index (χ4n) is 1.19. The number of hydrogen-bond acceptors (Lipinski definition) is 6. The van der Waals surface area contributed by atoms with Crippen molar-refractivity contribution in [1.82, 2.24) is 0 Å². The number of ether oxygens (including phenoxy) is 3. The maximum Gasteiger partial charge on any atom is 0.420 e. The molecule has 1 heterocycles. The van der Waals surface area contributed by atoms with Crippen LogP contribution < -0.4 is 0 Å². The van der Waals surface area contributed by atoms with Gasteiger partial charge in [-0.2, -0.15) is 0 Å². The summed E-state index contributed by atoms with van der Waals surface area (Å²) in [4.78, 5) is 31.2. The predicted molar refractivity (Wildman–Crippen MR) is 72.7 cm³/mol. The molecule has 0 unspecified atom stereocenters. The molecule has 1 aliphatic heterocycles. The number of hydrogen-bond donors (Lipinski definition) is 0. The molecule has 114 valence electrons. The Morgan fingerprint density at radius 3 is 2.00 bits per heavy atom. The first-order valence-electron chi connectivity index (χ1n) is 6.36. The third kappa shape index (κ3) is 6.07. The Kier molecular flexibility index (Phi) is 5.90. The fraction of sp³-hybridized carbons (Fsp3) is 0.400. The molecule has 0 saturated carbocycles. The molecule has 0 spiro atoms. The number of cyclic esters (lactones) is 2. The first kappa shape index (κ1) is 16.7. The highest BCUT2D eigenvalue weighted by Gasteiger charge is 2.24. The quantitative estimate of drug-likeness (QED) is 0.611. The van der Waals surface area contributed by atoms with Crippen molar-refractivity contribution >= 4 is 17.9 Å². The number of carbonyl (C=O) groups is 3. The van der Waals surface area contributed by atoms with Gasteiger partial charge < -0.3 is 14.2 Å². The van der Waals surface area contributed by atoms with Crippen LogP contribution in [0, 0.1) is 5.41 Å². The van der Waals surface area contributed by atoms with E-state index in [0.717, 1.165) is 5.56 Å². The molecule has 1 fully saturated rings. The van der Waals surface area contributed by atoms with E-state index in [0.29, 0.717) is 6.61 Å². The number of esters is 3. The van der Waals surface area contributed by atoms with Crippen molar-refractivity contribution in [3.8, 4) is 0 Å². The second-order valence-corrected chi connectivity index (χ2v) is 5.29. The minimum Gasteiger partial charge on any atom is -0.460 e.